The zero-order valence-corrected chi connectivity index (χ0v) is 12.7. The number of halogens is 2. The van der Waals surface area contributed by atoms with Crippen molar-refractivity contribution >= 4 is 33.2 Å². The van der Waals surface area contributed by atoms with Gasteiger partial charge in [-0.05, 0) is 12.5 Å². The van der Waals surface area contributed by atoms with Crippen molar-refractivity contribution < 1.29 is 8.42 Å². The standard InChI is InChI=1S/C11H16Cl2N2O2S/c1-3-4-5-6-15(2)18(16,17)9-7-10(12)11(13)14-8-9/h7-8H,3-6H2,1-2H3. The summed E-state index contributed by atoms with van der Waals surface area (Å²) in [6.45, 7) is 2.55. The summed E-state index contributed by atoms with van der Waals surface area (Å²) in [5.74, 6) is 0. The highest BCUT2D eigenvalue weighted by Crippen LogP contribution is 2.23. The molecule has 18 heavy (non-hydrogen) atoms. The molecule has 1 heterocycles. The Kier molecular flexibility index (Phi) is 5.85. The first-order valence-corrected chi connectivity index (χ1v) is 7.86. The summed E-state index contributed by atoms with van der Waals surface area (Å²) >= 11 is 11.4. The van der Waals surface area contributed by atoms with Crippen molar-refractivity contribution in [3.8, 4) is 0 Å². The third-order valence-electron chi connectivity index (χ3n) is 2.56. The van der Waals surface area contributed by atoms with E-state index in [4.69, 9.17) is 23.2 Å². The minimum absolute atomic E-state index is 0.0656. The molecule has 0 aromatic carbocycles. The van der Waals surface area contributed by atoms with Crippen LogP contribution in [0.25, 0.3) is 0 Å². The zero-order chi connectivity index (χ0) is 13.8. The maximum absolute atomic E-state index is 12.2. The van der Waals surface area contributed by atoms with E-state index in [-0.39, 0.29) is 15.1 Å². The van der Waals surface area contributed by atoms with Gasteiger partial charge >= 0.3 is 0 Å². The average Bonchev–Trinajstić information content (AvgIpc) is 2.32. The number of pyridine rings is 1. The third-order valence-corrected chi connectivity index (χ3v) is 5.06. The Morgan fingerprint density at radius 2 is 2.00 bits per heavy atom. The van der Waals surface area contributed by atoms with Crippen molar-refractivity contribution in [1.29, 1.82) is 0 Å². The van der Waals surface area contributed by atoms with Crippen LogP contribution in [0.2, 0.25) is 10.2 Å². The molecule has 1 aromatic rings. The lowest BCUT2D eigenvalue weighted by Crippen LogP contribution is -2.28. The molecule has 0 unspecified atom stereocenters. The van der Waals surface area contributed by atoms with E-state index in [0.29, 0.717) is 6.54 Å². The number of hydrogen-bond donors (Lipinski definition) is 0. The lowest BCUT2D eigenvalue weighted by Gasteiger charge is -2.16. The number of hydrogen-bond acceptors (Lipinski definition) is 3. The zero-order valence-electron chi connectivity index (χ0n) is 10.4. The number of aromatic nitrogens is 1. The van der Waals surface area contributed by atoms with Gasteiger partial charge in [-0.15, -0.1) is 0 Å². The predicted octanol–water partition coefficient (Wildman–Crippen LogP) is 3.20. The molecule has 0 bridgehead atoms. The summed E-state index contributed by atoms with van der Waals surface area (Å²) in [5.41, 5.74) is 0. The fourth-order valence-corrected chi connectivity index (χ4v) is 2.95. The van der Waals surface area contributed by atoms with Crippen LogP contribution in [0.15, 0.2) is 17.2 Å². The summed E-state index contributed by atoms with van der Waals surface area (Å²) in [4.78, 5) is 3.82. The monoisotopic (exact) mass is 310 g/mol. The molecule has 0 aliphatic rings. The quantitative estimate of drug-likeness (QED) is 0.599. The van der Waals surface area contributed by atoms with E-state index in [0.717, 1.165) is 19.3 Å². The van der Waals surface area contributed by atoms with Crippen molar-refractivity contribution in [2.45, 2.75) is 31.1 Å². The highest BCUT2D eigenvalue weighted by Gasteiger charge is 2.21. The van der Waals surface area contributed by atoms with E-state index >= 15 is 0 Å². The minimum atomic E-state index is -3.53. The molecule has 1 rings (SSSR count). The van der Waals surface area contributed by atoms with Crippen molar-refractivity contribution in [1.82, 2.24) is 9.29 Å². The fraction of sp³-hybridized carbons (Fsp3) is 0.545. The first-order chi connectivity index (χ1) is 8.39. The van der Waals surface area contributed by atoms with E-state index in [9.17, 15) is 8.42 Å². The van der Waals surface area contributed by atoms with Gasteiger partial charge in [0, 0.05) is 19.8 Å². The van der Waals surface area contributed by atoms with Crippen LogP contribution in [0.4, 0.5) is 0 Å². The molecule has 0 saturated carbocycles. The van der Waals surface area contributed by atoms with Crippen LogP contribution in [0.1, 0.15) is 26.2 Å². The Morgan fingerprint density at radius 1 is 1.33 bits per heavy atom. The lowest BCUT2D eigenvalue weighted by atomic mass is 10.2. The first-order valence-electron chi connectivity index (χ1n) is 5.67. The Morgan fingerprint density at radius 3 is 2.56 bits per heavy atom. The highest BCUT2D eigenvalue weighted by atomic mass is 35.5. The topological polar surface area (TPSA) is 50.3 Å². The maximum Gasteiger partial charge on any atom is 0.244 e. The molecule has 0 aliphatic heterocycles. The van der Waals surface area contributed by atoms with Crippen LogP contribution in [0.5, 0.6) is 0 Å². The maximum atomic E-state index is 12.2. The molecule has 0 aliphatic carbocycles. The van der Waals surface area contributed by atoms with Crippen LogP contribution in [0, 0.1) is 0 Å². The summed E-state index contributed by atoms with van der Waals surface area (Å²) in [7, 11) is -1.98. The van der Waals surface area contributed by atoms with Gasteiger partial charge < -0.3 is 0 Å². The van der Waals surface area contributed by atoms with Gasteiger partial charge in [0.05, 0.1) is 5.02 Å². The molecule has 0 amide bonds. The number of nitrogens with zero attached hydrogens (tertiary/aromatic N) is 2. The Hall–Kier alpha value is -0.360. The van der Waals surface area contributed by atoms with E-state index in [1.807, 2.05) is 0 Å². The van der Waals surface area contributed by atoms with E-state index in [1.165, 1.54) is 16.6 Å². The average molecular weight is 311 g/mol. The molecule has 102 valence electrons. The van der Waals surface area contributed by atoms with Crippen LogP contribution in [-0.4, -0.2) is 31.3 Å². The highest BCUT2D eigenvalue weighted by molar-refractivity contribution is 7.89. The lowest BCUT2D eigenvalue weighted by molar-refractivity contribution is 0.454. The third kappa shape index (κ3) is 3.82. The van der Waals surface area contributed by atoms with Crippen LogP contribution in [0.3, 0.4) is 0 Å². The van der Waals surface area contributed by atoms with Crippen LogP contribution in [-0.2, 0) is 10.0 Å². The van der Waals surface area contributed by atoms with Crippen molar-refractivity contribution in [2.24, 2.45) is 0 Å². The molecule has 1 aromatic heterocycles. The molecule has 7 heteroatoms. The second kappa shape index (κ2) is 6.70. The molecule has 0 spiro atoms. The van der Waals surface area contributed by atoms with Crippen LogP contribution >= 0.6 is 23.2 Å². The molecule has 4 nitrogen and oxygen atoms in total. The van der Waals surface area contributed by atoms with E-state index in [2.05, 4.69) is 11.9 Å². The minimum Gasteiger partial charge on any atom is -0.242 e. The van der Waals surface area contributed by atoms with E-state index < -0.39 is 10.0 Å². The largest absolute Gasteiger partial charge is 0.244 e. The predicted molar refractivity (Wildman–Crippen MR) is 73.6 cm³/mol. The number of rotatable bonds is 6. The van der Waals surface area contributed by atoms with Crippen molar-refractivity contribution in [3.05, 3.63) is 22.4 Å². The molecule has 0 atom stereocenters. The fourth-order valence-electron chi connectivity index (χ4n) is 1.43. The smallest absolute Gasteiger partial charge is 0.242 e. The van der Waals surface area contributed by atoms with Gasteiger partial charge in [0.15, 0.2) is 0 Å². The summed E-state index contributed by atoms with van der Waals surface area (Å²) in [6.07, 6.45) is 4.10. The second-order valence-corrected chi connectivity index (χ2v) is 6.79. The first kappa shape index (κ1) is 15.7. The Balaban J connectivity index is 2.88. The molecule has 0 N–H and O–H groups in total. The van der Waals surface area contributed by atoms with Gasteiger partial charge in [-0.25, -0.2) is 17.7 Å². The van der Waals surface area contributed by atoms with Gasteiger partial charge in [-0.1, -0.05) is 43.0 Å². The van der Waals surface area contributed by atoms with Gasteiger partial charge in [0.2, 0.25) is 10.0 Å². The molecule has 0 saturated heterocycles. The van der Waals surface area contributed by atoms with Crippen molar-refractivity contribution in [2.75, 3.05) is 13.6 Å². The van der Waals surface area contributed by atoms with Gasteiger partial charge in [-0.3, -0.25) is 0 Å². The summed E-state index contributed by atoms with van der Waals surface area (Å²) < 4.78 is 25.7. The summed E-state index contributed by atoms with van der Waals surface area (Å²) in [6, 6.07) is 1.32. The van der Waals surface area contributed by atoms with Gasteiger partial charge in [0.25, 0.3) is 0 Å². The number of sulfonamides is 1. The Labute approximate surface area is 118 Å². The normalized spacial score (nSPS) is 12.1. The second-order valence-electron chi connectivity index (χ2n) is 3.98. The van der Waals surface area contributed by atoms with Gasteiger partial charge in [-0.2, -0.15) is 0 Å². The van der Waals surface area contributed by atoms with E-state index in [1.54, 1.807) is 7.05 Å². The molecule has 0 radical (unpaired) electrons. The Bertz CT molecular complexity index is 506. The summed E-state index contributed by atoms with van der Waals surface area (Å²) in [5, 5.41) is 0.240. The van der Waals surface area contributed by atoms with Crippen LogP contribution < -0.4 is 0 Å². The van der Waals surface area contributed by atoms with Gasteiger partial charge in [0.1, 0.15) is 10.0 Å². The molecule has 0 fully saturated rings. The SMILES string of the molecule is CCCCCN(C)S(=O)(=O)c1cnc(Cl)c(Cl)c1. The van der Waals surface area contributed by atoms with Crippen molar-refractivity contribution in [3.63, 3.8) is 0 Å². The molecular formula is C11H16Cl2N2O2S. The number of unbranched alkanes of at least 4 members (excludes halogenated alkanes) is 2. The molecular weight excluding hydrogens is 295 g/mol.